The van der Waals surface area contributed by atoms with Crippen molar-refractivity contribution in [1.29, 1.82) is 0 Å². The summed E-state index contributed by atoms with van der Waals surface area (Å²) in [5.41, 5.74) is 0.413. The van der Waals surface area contributed by atoms with Crippen LogP contribution < -0.4 is 9.80 Å². The molecule has 0 saturated heterocycles. The molecule has 16 amide bonds. The maximum atomic E-state index is 11.7. The monoisotopic (exact) mass is 1010 g/mol. The molecular weight excluding hydrogens is 969 g/mol. The summed E-state index contributed by atoms with van der Waals surface area (Å²) in [4.78, 5) is 190. The van der Waals surface area contributed by atoms with E-state index in [-0.39, 0.29) is 71.7 Å². The minimum absolute atomic E-state index is 0.0316. The van der Waals surface area contributed by atoms with Crippen LogP contribution in [-0.2, 0) is 76.7 Å². The predicted molar refractivity (Wildman–Crippen MR) is 253 cm³/mol. The molecule has 0 aromatic heterocycles. The van der Waals surface area contributed by atoms with Gasteiger partial charge in [-0.25, -0.2) is 9.80 Å². The molecule has 0 N–H and O–H groups in total. The van der Waals surface area contributed by atoms with Crippen molar-refractivity contribution in [2.24, 2.45) is 0 Å². The lowest BCUT2D eigenvalue weighted by Crippen LogP contribution is -2.40. The Hall–Kier alpha value is -9.74. The standard InChI is InChI=1S/C14H8N2O4.C14H16N2O4.C12H12N2O4.C10H8N2O4/c17-11-5-6-12(18)15(11)9-3-1-2-4-10(9)16-13(19)7-8-14(16)20;17-11-5-6-12(18)15(11)9-3-1-2-4-10-16-13(19)7-8-14(16)20;15-9-3-4-10(16)13(9)7-1-2-8-14-11(17)5-6-12(14)18;13-7-1-2-8(14)11(7)5-6-12-9(15)3-4-10(12)16/h1-8H;5-8H,1-4,9-10H2;3-6H,1-2,7-8H2;1-4H,5-6H2. The SMILES string of the molecule is O=C1C=CC(=O)N1CCCCCCN1C(=O)C=CC1=O.O=C1C=CC(=O)N1CCCCN1C(=O)C=CC1=O.O=C1C=CC(=O)N1CCN1C(=O)C=CC1=O.O=C1C=CC(=O)N1c1ccccc1N1C(=O)C=CC1=O. The van der Waals surface area contributed by atoms with Gasteiger partial charge >= 0.3 is 0 Å². The summed E-state index contributed by atoms with van der Waals surface area (Å²) < 4.78 is 0. The van der Waals surface area contributed by atoms with Crippen LogP contribution in [0.25, 0.3) is 0 Å². The molecule has 0 atom stereocenters. The third kappa shape index (κ3) is 13.0. The third-order valence-corrected chi connectivity index (χ3v) is 11.5. The minimum Gasteiger partial charge on any atom is -0.275 e. The zero-order valence-electron chi connectivity index (χ0n) is 39.1. The summed E-state index contributed by atoms with van der Waals surface area (Å²) in [5.74, 6) is -5.96. The first-order chi connectivity index (χ1) is 35.4. The van der Waals surface area contributed by atoms with Crippen LogP contribution >= 0.6 is 0 Å². The fourth-order valence-electron chi connectivity index (χ4n) is 7.66. The van der Waals surface area contributed by atoms with E-state index in [4.69, 9.17) is 0 Å². The number of amides is 16. The number of imide groups is 8. The Balaban J connectivity index is 0.000000161. The molecule has 0 saturated carbocycles. The Labute approximate surface area is 420 Å². The molecule has 1 aromatic rings. The predicted octanol–water partition coefficient (Wildman–Crippen LogP) is -0.605. The number of carbonyl (C=O) groups is 16. The average Bonchev–Trinajstić information content (AvgIpc) is 4.28. The van der Waals surface area contributed by atoms with Crippen molar-refractivity contribution in [3.05, 3.63) is 121 Å². The molecule has 0 unspecified atom stereocenters. The van der Waals surface area contributed by atoms with Crippen molar-refractivity contribution >= 4 is 106 Å². The van der Waals surface area contributed by atoms with Crippen LogP contribution in [0.3, 0.4) is 0 Å². The number of anilines is 2. The average molecular weight is 1010 g/mol. The van der Waals surface area contributed by atoms with E-state index in [1.807, 2.05) is 0 Å². The fourth-order valence-corrected chi connectivity index (χ4v) is 7.66. The molecule has 24 heteroatoms. The summed E-state index contributed by atoms with van der Waals surface area (Å²) in [7, 11) is 0. The van der Waals surface area contributed by atoms with E-state index in [0.717, 1.165) is 104 Å². The summed E-state index contributed by atoms with van der Waals surface area (Å²) >= 11 is 0. The maximum absolute atomic E-state index is 11.7. The summed E-state index contributed by atoms with van der Waals surface area (Å²) in [5, 5.41) is 0. The van der Waals surface area contributed by atoms with Crippen molar-refractivity contribution < 1.29 is 76.7 Å². The van der Waals surface area contributed by atoms with Crippen molar-refractivity contribution in [2.75, 3.05) is 49.1 Å². The van der Waals surface area contributed by atoms with Gasteiger partial charge < -0.3 is 0 Å². The Bertz CT molecular complexity index is 2580. The molecule has 8 heterocycles. The lowest BCUT2D eigenvalue weighted by molar-refractivity contribution is -0.142. The molecule has 0 radical (unpaired) electrons. The number of hydrogen-bond donors (Lipinski definition) is 0. The first-order valence-corrected chi connectivity index (χ1v) is 22.8. The lowest BCUT2D eigenvalue weighted by atomic mass is 10.2. The van der Waals surface area contributed by atoms with Gasteiger partial charge in [0.15, 0.2) is 0 Å². The van der Waals surface area contributed by atoms with Gasteiger partial charge in [-0.2, -0.15) is 0 Å². The van der Waals surface area contributed by atoms with Crippen LogP contribution in [-0.4, -0.2) is 163 Å². The molecule has 380 valence electrons. The second-order valence-electron chi connectivity index (χ2n) is 16.3. The van der Waals surface area contributed by atoms with E-state index in [0.29, 0.717) is 39.0 Å². The highest BCUT2D eigenvalue weighted by Crippen LogP contribution is 2.33. The highest BCUT2D eigenvalue weighted by Gasteiger charge is 2.34. The normalized spacial score (nSPS) is 18.4. The number of benzene rings is 1. The summed E-state index contributed by atoms with van der Waals surface area (Å²) in [6.45, 7) is 1.54. The van der Waals surface area contributed by atoms with Gasteiger partial charge in [-0.05, 0) is 37.8 Å². The number of hydrogen-bond acceptors (Lipinski definition) is 16. The highest BCUT2D eigenvalue weighted by atomic mass is 16.2. The van der Waals surface area contributed by atoms with Crippen LogP contribution in [0.1, 0.15) is 38.5 Å². The lowest BCUT2D eigenvalue weighted by Gasteiger charge is -2.22. The minimum atomic E-state index is -0.505. The van der Waals surface area contributed by atoms with Gasteiger partial charge in [-0.1, -0.05) is 25.0 Å². The quantitative estimate of drug-likeness (QED) is 0.139. The zero-order valence-corrected chi connectivity index (χ0v) is 39.1. The van der Waals surface area contributed by atoms with Gasteiger partial charge in [0.05, 0.1) is 11.4 Å². The molecule has 8 aliphatic rings. The van der Waals surface area contributed by atoms with Crippen LogP contribution in [0.4, 0.5) is 11.4 Å². The van der Waals surface area contributed by atoms with Gasteiger partial charge in [0.25, 0.3) is 94.5 Å². The highest BCUT2D eigenvalue weighted by molar-refractivity contribution is 6.33. The van der Waals surface area contributed by atoms with Gasteiger partial charge in [0.1, 0.15) is 0 Å². The van der Waals surface area contributed by atoms with Gasteiger partial charge in [-0.3, -0.25) is 106 Å². The van der Waals surface area contributed by atoms with Crippen molar-refractivity contribution in [2.45, 2.75) is 38.5 Å². The smallest absolute Gasteiger partial charge is 0.258 e. The van der Waals surface area contributed by atoms with Crippen molar-refractivity contribution in [1.82, 2.24) is 29.4 Å². The van der Waals surface area contributed by atoms with E-state index in [1.54, 1.807) is 12.1 Å². The molecule has 0 aliphatic carbocycles. The van der Waals surface area contributed by atoms with E-state index in [9.17, 15) is 76.7 Å². The van der Waals surface area contributed by atoms with E-state index in [1.165, 1.54) is 70.5 Å². The van der Waals surface area contributed by atoms with Gasteiger partial charge in [0.2, 0.25) is 0 Å². The third-order valence-electron chi connectivity index (χ3n) is 11.5. The molecule has 8 aliphatic heterocycles. The topological polar surface area (TPSA) is 299 Å². The Kier molecular flexibility index (Phi) is 17.7. The second kappa shape index (κ2) is 24.4. The molecule has 74 heavy (non-hydrogen) atoms. The molecule has 0 fully saturated rings. The van der Waals surface area contributed by atoms with Gasteiger partial charge in [-0.15, -0.1) is 0 Å². The summed E-state index contributed by atoms with van der Waals surface area (Å²) in [6, 6.07) is 6.26. The summed E-state index contributed by atoms with van der Waals surface area (Å²) in [6.07, 6.45) is 23.6. The van der Waals surface area contributed by atoms with Crippen molar-refractivity contribution in [3.8, 4) is 0 Å². The van der Waals surface area contributed by atoms with Gasteiger partial charge in [0, 0.05) is 136 Å². The maximum Gasteiger partial charge on any atom is 0.258 e. The Morgan fingerprint density at radius 2 is 0.365 bits per heavy atom. The van der Waals surface area contributed by atoms with Crippen LogP contribution in [0.15, 0.2) is 121 Å². The molecule has 0 bridgehead atoms. The number of unbranched alkanes of at least 4 members (excludes halogenated alkanes) is 4. The zero-order chi connectivity index (χ0) is 53.6. The van der Waals surface area contributed by atoms with Crippen molar-refractivity contribution in [3.63, 3.8) is 0 Å². The first kappa shape index (κ1) is 53.6. The largest absolute Gasteiger partial charge is 0.275 e. The van der Waals surface area contributed by atoms with Crippen LogP contribution in [0, 0.1) is 0 Å². The molecule has 0 spiro atoms. The number of nitrogens with zero attached hydrogens (tertiary/aromatic N) is 8. The Morgan fingerprint density at radius 3 is 0.568 bits per heavy atom. The van der Waals surface area contributed by atoms with E-state index in [2.05, 4.69) is 0 Å². The first-order valence-electron chi connectivity index (χ1n) is 22.8. The Morgan fingerprint density at radius 1 is 0.203 bits per heavy atom. The molecular formula is C50H44N8O16. The molecule has 1 aromatic carbocycles. The van der Waals surface area contributed by atoms with E-state index >= 15 is 0 Å². The molecule has 24 nitrogen and oxygen atoms in total. The number of carbonyl (C=O) groups excluding carboxylic acids is 16. The van der Waals surface area contributed by atoms with Crippen LogP contribution in [0.2, 0.25) is 0 Å². The van der Waals surface area contributed by atoms with E-state index < -0.39 is 47.3 Å². The fraction of sp³-hybridized carbons (Fsp3) is 0.240. The molecule has 9 rings (SSSR count). The number of para-hydroxylation sites is 2. The van der Waals surface area contributed by atoms with Crippen LogP contribution in [0.5, 0.6) is 0 Å². The second-order valence-corrected chi connectivity index (χ2v) is 16.3. The number of rotatable bonds is 17.